The molecular formula is C16H21N5O3. The SMILES string of the molecule is CC(C)(C(=O)N1C[C@@H](CC(=O)O)[C@@H](c2cn[nH]n2)C1)n1cccc1. The highest BCUT2D eigenvalue weighted by Gasteiger charge is 2.43. The van der Waals surface area contributed by atoms with Crippen molar-refractivity contribution >= 4 is 11.9 Å². The van der Waals surface area contributed by atoms with Gasteiger partial charge in [0.1, 0.15) is 5.54 Å². The molecule has 2 aromatic rings. The lowest BCUT2D eigenvalue weighted by atomic mass is 9.91. The van der Waals surface area contributed by atoms with Crippen LogP contribution in [0, 0.1) is 5.92 Å². The van der Waals surface area contributed by atoms with Gasteiger partial charge in [0.05, 0.1) is 18.3 Å². The number of carbonyl (C=O) groups excluding carboxylic acids is 1. The average Bonchev–Trinajstić information content (AvgIpc) is 3.26. The van der Waals surface area contributed by atoms with E-state index in [4.69, 9.17) is 0 Å². The van der Waals surface area contributed by atoms with Gasteiger partial charge in [0.15, 0.2) is 0 Å². The molecule has 3 rings (SSSR count). The molecule has 128 valence electrons. The molecule has 1 fully saturated rings. The van der Waals surface area contributed by atoms with Crippen LogP contribution in [-0.2, 0) is 15.1 Å². The zero-order valence-electron chi connectivity index (χ0n) is 13.7. The van der Waals surface area contributed by atoms with E-state index in [2.05, 4.69) is 15.4 Å². The van der Waals surface area contributed by atoms with Gasteiger partial charge in [-0.15, -0.1) is 0 Å². The topological polar surface area (TPSA) is 104 Å². The fourth-order valence-electron chi connectivity index (χ4n) is 3.40. The molecule has 3 heterocycles. The predicted molar refractivity (Wildman–Crippen MR) is 85.2 cm³/mol. The van der Waals surface area contributed by atoms with E-state index in [1.807, 2.05) is 42.9 Å². The number of rotatable bonds is 5. The Labute approximate surface area is 139 Å². The zero-order chi connectivity index (χ0) is 17.3. The van der Waals surface area contributed by atoms with Crippen molar-refractivity contribution in [2.45, 2.75) is 31.7 Å². The number of aromatic amines is 1. The number of carbonyl (C=O) groups is 2. The van der Waals surface area contributed by atoms with Crippen LogP contribution in [0.5, 0.6) is 0 Å². The zero-order valence-corrected chi connectivity index (χ0v) is 13.7. The summed E-state index contributed by atoms with van der Waals surface area (Å²) in [6.45, 7) is 4.59. The molecule has 0 spiro atoms. The van der Waals surface area contributed by atoms with E-state index in [0.29, 0.717) is 18.8 Å². The summed E-state index contributed by atoms with van der Waals surface area (Å²) in [5.74, 6) is -1.19. The minimum absolute atomic E-state index is 0.00521. The van der Waals surface area contributed by atoms with Gasteiger partial charge in [0.2, 0.25) is 5.91 Å². The molecule has 2 aromatic heterocycles. The van der Waals surface area contributed by atoms with Crippen LogP contribution in [0.25, 0.3) is 0 Å². The van der Waals surface area contributed by atoms with Crippen LogP contribution in [-0.4, -0.2) is 55.0 Å². The molecule has 1 amide bonds. The van der Waals surface area contributed by atoms with E-state index >= 15 is 0 Å². The second kappa shape index (κ2) is 6.10. The Bertz CT molecular complexity index is 708. The van der Waals surface area contributed by atoms with Gasteiger partial charge in [-0.25, -0.2) is 0 Å². The maximum absolute atomic E-state index is 13.0. The van der Waals surface area contributed by atoms with Gasteiger partial charge >= 0.3 is 5.97 Å². The second-order valence-electron chi connectivity index (χ2n) is 6.72. The highest BCUT2D eigenvalue weighted by molar-refractivity contribution is 5.84. The Morgan fingerprint density at radius 3 is 2.62 bits per heavy atom. The highest BCUT2D eigenvalue weighted by Crippen LogP contribution is 2.35. The molecule has 2 N–H and O–H groups in total. The van der Waals surface area contributed by atoms with Crippen molar-refractivity contribution in [2.75, 3.05) is 13.1 Å². The van der Waals surface area contributed by atoms with Crippen molar-refractivity contribution in [3.63, 3.8) is 0 Å². The molecule has 0 aliphatic carbocycles. The van der Waals surface area contributed by atoms with Gasteiger partial charge in [-0.05, 0) is 31.9 Å². The summed E-state index contributed by atoms with van der Waals surface area (Å²) >= 11 is 0. The number of carboxylic acids is 1. The summed E-state index contributed by atoms with van der Waals surface area (Å²) in [7, 11) is 0. The molecule has 1 aliphatic rings. The van der Waals surface area contributed by atoms with Crippen LogP contribution >= 0.6 is 0 Å². The molecule has 24 heavy (non-hydrogen) atoms. The van der Waals surface area contributed by atoms with Crippen LogP contribution in [0.4, 0.5) is 0 Å². The first-order valence-electron chi connectivity index (χ1n) is 7.90. The quantitative estimate of drug-likeness (QED) is 0.852. The number of amides is 1. The fourth-order valence-corrected chi connectivity index (χ4v) is 3.40. The van der Waals surface area contributed by atoms with Crippen LogP contribution in [0.15, 0.2) is 30.7 Å². The molecule has 0 aromatic carbocycles. The summed E-state index contributed by atoms with van der Waals surface area (Å²) in [4.78, 5) is 25.9. The predicted octanol–water partition coefficient (Wildman–Crippen LogP) is 1.06. The highest BCUT2D eigenvalue weighted by atomic mass is 16.4. The number of hydrogen-bond donors (Lipinski definition) is 2. The monoisotopic (exact) mass is 331 g/mol. The third-order valence-electron chi connectivity index (χ3n) is 4.75. The largest absolute Gasteiger partial charge is 0.481 e. The first kappa shape index (κ1) is 16.2. The summed E-state index contributed by atoms with van der Waals surface area (Å²) in [6, 6.07) is 3.76. The standard InChI is InChI=1S/C16H21N5O3/c1-16(2,21-5-3-4-6-21)15(24)20-9-11(7-14(22)23)12(10-20)13-8-17-19-18-13/h3-6,8,11-12H,7,9-10H2,1-2H3,(H,22,23)(H,17,18,19)/t11-,12+/m1/s1. The van der Waals surface area contributed by atoms with Gasteiger partial charge in [-0.1, -0.05) is 0 Å². The number of H-pyrrole nitrogens is 1. The fraction of sp³-hybridized carbons (Fsp3) is 0.500. The molecular weight excluding hydrogens is 310 g/mol. The number of likely N-dealkylation sites (tertiary alicyclic amines) is 1. The minimum atomic E-state index is -0.868. The maximum Gasteiger partial charge on any atom is 0.303 e. The maximum atomic E-state index is 13.0. The van der Waals surface area contributed by atoms with Crippen molar-refractivity contribution < 1.29 is 14.7 Å². The number of nitrogens with one attached hydrogen (secondary N) is 1. The minimum Gasteiger partial charge on any atom is -0.481 e. The Kier molecular flexibility index (Phi) is 4.13. The third-order valence-corrected chi connectivity index (χ3v) is 4.75. The first-order chi connectivity index (χ1) is 11.4. The van der Waals surface area contributed by atoms with Gasteiger partial charge in [0.25, 0.3) is 0 Å². The van der Waals surface area contributed by atoms with E-state index < -0.39 is 11.5 Å². The van der Waals surface area contributed by atoms with Gasteiger partial charge in [-0.3, -0.25) is 9.59 Å². The van der Waals surface area contributed by atoms with Crippen LogP contribution in [0.1, 0.15) is 31.9 Å². The Hall–Kier alpha value is -2.64. The summed E-state index contributed by atoms with van der Waals surface area (Å²) < 4.78 is 1.87. The van der Waals surface area contributed by atoms with Crippen molar-refractivity contribution in [3.8, 4) is 0 Å². The molecule has 2 atom stereocenters. The van der Waals surface area contributed by atoms with E-state index in [9.17, 15) is 14.7 Å². The van der Waals surface area contributed by atoms with Crippen molar-refractivity contribution in [3.05, 3.63) is 36.4 Å². The van der Waals surface area contributed by atoms with E-state index in [1.165, 1.54) is 0 Å². The number of hydrogen-bond acceptors (Lipinski definition) is 4. The number of aliphatic carboxylic acids is 1. The van der Waals surface area contributed by atoms with Gasteiger partial charge < -0.3 is 14.6 Å². The van der Waals surface area contributed by atoms with E-state index in [0.717, 1.165) is 0 Å². The Morgan fingerprint density at radius 1 is 1.33 bits per heavy atom. The van der Waals surface area contributed by atoms with Crippen molar-refractivity contribution in [1.82, 2.24) is 24.9 Å². The second-order valence-corrected chi connectivity index (χ2v) is 6.72. The molecule has 0 bridgehead atoms. The molecule has 0 unspecified atom stereocenters. The molecule has 1 aliphatic heterocycles. The average molecular weight is 331 g/mol. The number of aromatic nitrogens is 4. The summed E-state index contributed by atoms with van der Waals surface area (Å²) in [6.07, 6.45) is 5.32. The molecule has 8 heteroatoms. The molecule has 0 saturated carbocycles. The number of nitrogens with zero attached hydrogens (tertiary/aromatic N) is 4. The van der Waals surface area contributed by atoms with Crippen LogP contribution in [0.3, 0.4) is 0 Å². The molecule has 0 radical (unpaired) electrons. The van der Waals surface area contributed by atoms with Crippen LogP contribution < -0.4 is 0 Å². The molecule has 8 nitrogen and oxygen atoms in total. The van der Waals surface area contributed by atoms with Gasteiger partial charge in [0, 0.05) is 31.4 Å². The van der Waals surface area contributed by atoms with E-state index in [1.54, 1.807) is 11.1 Å². The summed E-state index contributed by atoms with van der Waals surface area (Å²) in [5.41, 5.74) is -0.0222. The van der Waals surface area contributed by atoms with Gasteiger partial charge in [-0.2, -0.15) is 15.4 Å². The summed E-state index contributed by atoms with van der Waals surface area (Å²) in [5, 5.41) is 19.6. The Morgan fingerprint density at radius 2 is 2.04 bits per heavy atom. The smallest absolute Gasteiger partial charge is 0.303 e. The lowest BCUT2D eigenvalue weighted by molar-refractivity contribution is -0.140. The third kappa shape index (κ3) is 2.91. The normalized spacial score (nSPS) is 21.2. The molecule has 1 saturated heterocycles. The lowest BCUT2D eigenvalue weighted by Crippen LogP contribution is -2.45. The number of carboxylic acid groups (broad SMARTS) is 1. The van der Waals surface area contributed by atoms with Crippen molar-refractivity contribution in [2.24, 2.45) is 5.92 Å². The van der Waals surface area contributed by atoms with E-state index in [-0.39, 0.29) is 24.2 Å². The lowest BCUT2D eigenvalue weighted by Gasteiger charge is -2.31. The van der Waals surface area contributed by atoms with Crippen molar-refractivity contribution in [1.29, 1.82) is 0 Å². The van der Waals surface area contributed by atoms with Crippen LogP contribution in [0.2, 0.25) is 0 Å². The Balaban J connectivity index is 1.82. The first-order valence-corrected chi connectivity index (χ1v) is 7.90.